The lowest BCUT2D eigenvalue weighted by atomic mass is 10.1. The van der Waals surface area contributed by atoms with E-state index in [4.69, 9.17) is 4.74 Å². The zero-order valence-electron chi connectivity index (χ0n) is 10.1. The van der Waals surface area contributed by atoms with Crippen LogP contribution >= 0.6 is 11.8 Å². The van der Waals surface area contributed by atoms with E-state index in [-0.39, 0.29) is 10.6 Å². The number of benzene rings is 1. The van der Waals surface area contributed by atoms with Crippen molar-refractivity contribution in [3.63, 3.8) is 0 Å². The van der Waals surface area contributed by atoms with Crippen LogP contribution in [0.15, 0.2) is 29.2 Å². The summed E-state index contributed by atoms with van der Waals surface area (Å²) in [6.07, 6.45) is 0. The third-order valence-corrected chi connectivity index (χ3v) is 3.48. The average molecular weight is 255 g/mol. The van der Waals surface area contributed by atoms with Crippen LogP contribution in [0.2, 0.25) is 0 Å². The number of rotatable bonds is 4. The van der Waals surface area contributed by atoms with Crippen LogP contribution in [0.5, 0.6) is 0 Å². The normalized spacial score (nSPS) is 14.5. The maximum atomic E-state index is 10.4. The smallest absolute Gasteiger partial charge is 0.269 e. The third kappa shape index (κ3) is 4.36. The summed E-state index contributed by atoms with van der Waals surface area (Å²) in [5.41, 5.74) is 0.145. The van der Waals surface area contributed by atoms with Crippen molar-refractivity contribution >= 4 is 17.4 Å². The summed E-state index contributed by atoms with van der Waals surface area (Å²) in [6, 6.07) is 6.67. The molecule has 0 radical (unpaired) electrons. The number of non-ortho nitro benzene ring substituents is 1. The minimum atomic E-state index is -0.381. The van der Waals surface area contributed by atoms with Crippen LogP contribution < -0.4 is 0 Å². The van der Waals surface area contributed by atoms with Gasteiger partial charge in [-0.05, 0) is 12.1 Å². The number of ether oxygens (including phenoxy) is 1. The van der Waals surface area contributed by atoms with Gasteiger partial charge in [-0.15, -0.1) is 11.8 Å². The Labute approximate surface area is 106 Å². The van der Waals surface area contributed by atoms with Crippen LogP contribution in [0.1, 0.15) is 13.8 Å². The van der Waals surface area contributed by atoms with E-state index in [2.05, 4.69) is 0 Å². The van der Waals surface area contributed by atoms with Crippen molar-refractivity contribution in [2.45, 2.75) is 18.7 Å². The number of nitrogens with zero attached hydrogens (tertiary/aromatic N) is 1. The first-order chi connectivity index (χ1) is 8.25. The quantitative estimate of drug-likeness (QED) is 0.470. The monoisotopic (exact) mass is 255 g/mol. The van der Waals surface area contributed by atoms with Crippen LogP contribution in [0.4, 0.5) is 5.69 Å². The maximum absolute atomic E-state index is 10.4. The van der Waals surface area contributed by atoms with Crippen molar-refractivity contribution < 1.29 is 9.66 Å². The molecule has 0 unspecified atom stereocenters. The summed E-state index contributed by atoms with van der Waals surface area (Å²) in [7, 11) is 0. The molecule has 0 bridgehead atoms. The first-order valence-electron chi connectivity index (χ1n) is 5.71. The van der Waals surface area contributed by atoms with Crippen LogP contribution in [0.25, 0.3) is 0 Å². The number of thioether (sulfide) groups is 1. The maximum Gasteiger partial charge on any atom is 0.269 e. The summed E-state index contributed by atoms with van der Waals surface area (Å²) in [5.74, 6) is 1.67. The Bertz CT molecular complexity index is 349. The lowest BCUT2D eigenvalue weighted by molar-refractivity contribution is -0.384. The molecule has 17 heavy (non-hydrogen) atoms. The largest absolute Gasteiger partial charge is 0.381 e. The van der Waals surface area contributed by atoms with Gasteiger partial charge in [0.05, 0.1) is 18.1 Å². The fourth-order valence-electron chi connectivity index (χ4n) is 1.26. The number of hydrogen-bond donors (Lipinski definition) is 0. The number of nitro benzene ring substituents is 1. The van der Waals surface area contributed by atoms with Crippen LogP contribution in [-0.4, -0.2) is 23.9 Å². The van der Waals surface area contributed by atoms with E-state index in [1.807, 2.05) is 13.8 Å². The van der Waals surface area contributed by atoms with Crippen LogP contribution in [0, 0.1) is 16.0 Å². The molecule has 2 rings (SSSR count). The third-order valence-electron chi connectivity index (χ3n) is 2.24. The Balaban J connectivity index is 0.000000686. The molecule has 0 amide bonds. The first kappa shape index (κ1) is 14.0. The van der Waals surface area contributed by atoms with Crippen LogP contribution in [-0.2, 0) is 4.74 Å². The Kier molecular flexibility index (Phi) is 6.00. The highest BCUT2D eigenvalue weighted by Gasteiger charge is 2.18. The molecule has 1 heterocycles. The second kappa shape index (κ2) is 7.29. The summed E-state index contributed by atoms with van der Waals surface area (Å²) in [6.45, 7) is 5.69. The minimum Gasteiger partial charge on any atom is -0.381 e. The van der Waals surface area contributed by atoms with Gasteiger partial charge in [-0.25, -0.2) is 0 Å². The zero-order valence-corrected chi connectivity index (χ0v) is 10.9. The van der Waals surface area contributed by atoms with Gasteiger partial charge in [0.25, 0.3) is 5.69 Å². The standard InChI is InChI=1S/C10H11NO3S.C2H6/c12-11(13)9-1-3-10(4-2-9)15-7-8-5-14-6-8;1-2/h1-4,8H,5-7H2;1-2H3. The molecule has 94 valence electrons. The van der Waals surface area contributed by atoms with Crippen molar-refractivity contribution in [2.75, 3.05) is 19.0 Å². The predicted molar refractivity (Wildman–Crippen MR) is 69.5 cm³/mol. The van der Waals surface area contributed by atoms with Crippen molar-refractivity contribution in [1.82, 2.24) is 0 Å². The molecule has 0 saturated carbocycles. The van der Waals surface area contributed by atoms with E-state index in [1.54, 1.807) is 36.0 Å². The molecule has 1 saturated heterocycles. The number of hydrogen-bond acceptors (Lipinski definition) is 4. The van der Waals surface area contributed by atoms with E-state index >= 15 is 0 Å². The van der Waals surface area contributed by atoms with Crippen molar-refractivity contribution in [3.8, 4) is 0 Å². The highest BCUT2D eigenvalue weighted by molar-refractivity contribution is 7.99. The molecule has 5 heteroatoms. The van der Waals surface area contributed by atoms with Gasteiger partial charge >= 0.3 is 0 Å². The fourth-order valence-corrected chi connectivity index (χ4v) is 2.21. The Hall–Kier alpha value is -1.07. The van der Waals surface area contributed by atoms with Gasteiger partial charge < -0.3 is 4.74 Å². The van der Waals surface area contributed by atoms with Gasteiger partial charge in [-0.2, -0.15) is 0 Å². The summed E-state index contributed by atoms with van der Waals surface area (Å²) in [4.78, 5) is 11.1. The molecule has 1 aromatic rings. The molecule has 0 spiro atoms. The van der Waals surface area contributed by atoms with E-state index in [9.17, 15) is 10.1 Å². The molecular formula is C12H17NO3S. The van der Waals surface area contributed by atoms with Crippen molar-refractivity contribution in [2.24, 2.45) is 5.92 Å². The Morgan fingerprint density at radius 3 is 2.35 bits per heavy atom. The van der Waals surface area contributed by atoms with Gasteiger partial charge in [0.15, 0.2) is 0 Å². The first-order valence-corrected chi connectivity index (χ1v) is 6.69. The van der Waals surface area contributed by atoms with Gasteiger partial charge in [-0.3, -0.25) is 10.1 Å². The molecule has 1 aromatic carbocycles. The van der Waals surface area contributed by atoms with E-state index < -0.39 is 0 Å². The summed E-state index contributed by atoms with van der Waals surface area (Å²) in [5, 5.41) is 10.4. The summed E-state index contributed by atoms with van der Waals surface area (Å²) < 4.78 is 5.07. The molecule has 4 nitrogen and oxygen atoms in total. The second-order valence-corrected chi connectivity index (χ2v) is 4.56. The molecular weight excluding hydrogens is 238 g/mol. The van der Waals surface area contributed by atoms with E-state index in [0.29, 0.717) is 5.92 Å². The molecule has 0 atom stereocenters. The molecule has 1 aliphatic heterocycles. The molecule has 0 aromatic heterocycles. The highest BCUT2D eigenvalue weighted by Crippen LogP contribution is 2.25. The fraction of sp³-hybridized carbons (Fsp3) is 0.500. The van der Waals surface area contributed by atoms with E-state index in [0.717, 1.165) is 23.9 Å². The second-order valence-electron chi connectivity index (χ2n) is 3.47. The average Bonchev–Trinajstić information content (AvgIpc) is 2.30. The molecule has 1 aliphatic rings. The molecule has 0 aliphatic carbocycles. The zero-order chi connectivity index (χ0) is 12.7. The van der Waals surface area contributed by atoms with Crippen molar-refractivity contribution in [1.29, 1.82) is 0 Å². The van der Waals surface area contributed by atoms with Gasteiger partial charge in [0.1, 0.15) is 0 Å². The topological polar surface area (TPSA) is 52.4 Å². The Morgan fingerprint density at radius 1 is 1.35 bits per heavy atom. The molecule has 0 N–H and O–H groups in total. The van der Waals surface area contributed by atoms with Gasteiger partial charge in [0.2, 0.25) is 0 Å². The van der Waals surface area contributed by atoms with Gasteiger partial charge in [0, 0.05) is 28.7 Å². The van der Waals surface area contributed by atoms with E-state index in [1.165, 1.54) is 0 Å². The lowest BCUT2D eigenvalue weighted by Crippen LogP contribution is -2.29. The number of nitro groups is 1. The van der Waals surface area contributed by atoms with Gasteiger partial charge in [-0.1, -0.05) is 13.8 Å². The minimum absolute atomic E-state index is 0.145. The summed E-state index contributed by atoms with van der Waals surface area (Å²) >= 11 is 1.72. The molecule has 1 fully saturated rings. The van der Waals surface area contributed by atoms with Crippen molar-refractivity contribution in [3.05, 3.63) is 34.4 Å². The lowest BCUT2D eigenvalue weighted by Gasteiger charge is -2.25. The Morgan fingerprint density at radius 2 is 1.94 bits per heavy atom. The predicted octanol–water partition coefficient (Wildman–Crippen LogP) is 3.36. The SMILES string of the molecule is CC.O=[N+]([O-])c1ccc(SCC2COC2)cc1. The highest BCUT2D eigenvalue weighted by atomic mass is 32.2. The van der Waals surface area contributed by atoms with Crippen LogP contribution in [0.3, 0.4) is 0 Å².